The van der Waals surface area contributed by atoms with Gasteiger partial charge in [0.15, 0.2) is 27.0 Å². The Hall–Kier alpha value is -5.62. The third-order valence-electron chi connectivity index (χ3n) is 5.69. The number of hydrogen-bond acceptors (Lipinski definition) is 14. The molecule has 0 aliphatic heterocycles. The van der Waals surface area contributed by atoms with Gasteiger partial charge in [-0.25, -0.2) is 0 Å². The molecule has 0 unspecified atom stereocenters. The molecule has 4 N–H and O–H groups in total. The fraction of sp³-hybridized carbons (Fsp3) is 0.0909. The molecule has 4 rings (SSSR count). The SMILES string of the molecule is COc1cc([N+](=O)[O-])c(S(=O)(=O)O)cc1-n1nc(C(=O)Nc2ccccc2)n[n+]1-c1cc(S(=O)(=O)O)c([N+](=O)[O-])cc1OC.[OH-]. The molecule has 0 atom stereocenters. The molecule has 21 nitrogen and oxygen atoms in total. The number of nitrogens with zero attached hydrogens (tertiary/aromatic N) is 6. The predicted molar refractivity (Wildman–Crippen MR) is 145 cm³/mol. The Morgan fingerprint density at radius 1 is 0.889 bits per heavy atom. The summed E-state index contributed by atoms with van der Waals surface area (Å²) in [6, 6.07) is 10.2. The molecule has 1 heterocycles. The average molecular weight is 670 g/mol. The van der Waals surface area contributed by atoms with Gasteiger partial charge in [0.1, 0.15) is 0 Å². The van der Waals surface area contributed by atoms with E-state index < -0.39 is 85.9 Å². The number of nitro benzene ring substituents is 2. The Morgan fingerprint density at radius 2 is 1.40 bits per heavy atom. The number of tetrazole rings is 1. The summed E-state index contributed by atoms with van der Waals surface area (Å²) in [7, 11) is -8.49. The van der Waals surface area contributed by atoms with E-state index in [0.717, 1.165) is 14.2 Å². The largest absolute Gasteiger partial charge is 0.870 e. The summed E-state index contributed by atoms with van der Waals surface area (Å²) >= 11 is 0. The van der Waals surface area contributed by atoms with Crippen LogP contribution in [-0.2, 0) is 20.2 Å². The van der Waals surface area contributed by atoms with Crippen molar-refractivity contribution in [1.29, 1.82) is 0 Å². The zero-order valence-electron chi connectivity index (χ0n) is 22.5. The summed E-state index contributed by atoms with van der Waals surface area (Å²) in [5, 5.41) is 33.6. The van der Waals surface area contributed by atoms with Crippen molar-refractivity contribution in [3.63, 3.8) is 0 Å². The maximum Gasteiger partial charge on any atom is 0.397 e. The van der Waals surface area contributed by atoms with Crippen molar-refractivity contribution >= 4 is 43.2 Å². The summed E-state index contributed by atoms with van der Waals surface area (Å²) in [5.74, 6) is -2.59. The molecular weight excluding hydrogens is 650 g/mol. The van der Waals surface area contributed by atoms with E-state index in [0.29, 0.717) is 33.9 Å². The van der Waals surface area contributed by atoms with Crippen LogP contribution in [0.5, 0.6) is 11.5 Å². The number of benzene rings is 3. The van der Waals surface area contributed by atoms with Gasteiger partial charge in [-0.15, -0.1) is 0 Å². The van der Waals surface area contributed by atoms with Gasteiger partial charge in [-0.3, -0.25) is 34.1 Å². The van der Waals surface area contributed by atoms with E-state index in [2.05, 4.69) is 15.5 Å². The lowest BCUT2D eigenvalue weighted by Crippen LogP contribution is -2.44. The molecule has 0 saturated heterocycles. The molecule has 0 fully saturated rings. The fourth-order valence-electron chi connectivity index (χ4n) is 3.81. The van der Waals surface area contributed by atoms with Crippen LogP contribution in [0.2, 0.25) is 0 Å². The normalized spacial score (nSPS) is 11.3. The number of nitro groups is 2. The zero-order valence-corrected chi connectivity index (χ0v) is 24.2. The highest BCUT2D eigenvalue weighted by Gasteiger charge is 2.37. The highest BCUT2D eigenvalue weighted by molar-refractivity contribution is 7.86. The molecular formula is C22H19N7O14S2. The Labute approximate surface area is 251 Å². The summed E-state index contributed by atoms with van der Waals surface area (Å²) in [5.41, 5.74) is -2.98. The van der Waals surface area contributed by atoms with Crippen molar-refractivity contribution < 1.29 is 60.3 Å². The number of ether oxygens (including phenoxy) is 2. The average Bonchev–Trinajstić information content (AvgIpc) is 3.40. The van der Waals surface area contributed by atoms with Gasteiger partial charge in [-0.2, -0.15) is 16.8 Å². The summed E-state index contributed by atoms with van der Waals surface area (Å²) in [6.07, 6.45) is 0. The lowest BCUT2D eigenvalue weighted by atomic mass is 10.2. The van der Waals surface area contributed by atoms with Crippen molar-refractivity contribution in [2.45, 2.75) is 9.79 Å². The number of carbonyl (C=O) groups is 1. The molecule has 1 amide bonds. The fourth-order valence-corrected chi connectivity index (χ4v) is 5.13. The highest BCUT2D eigenvalue weighted by atomic mass is 32.2. The summed E-state index contributed by atoms with van der Waals surface area (Å²) in [6.45, 7) is 0. The van der Waals surface area contributed by atoms with E-state index in [1.165, 1.54) is 12.1 Å². The second-order valence-corrected chi connectivity index (χ2v) is 11.2. The molecule has 0 aliphatic carbocycles. The van der Waals surface area contributed by atoms with Crippen LogP contribution in [0.3, 0.4) is 0 Å². The van der Waals surface area contributed by atoms with Crippen LogP contribution in [0.1, 0.15) is 10.6 Å². The molecule has 45 heavy (non-hydrogen) atoms. The highest BCUT2D eigenvalue weighted by Crippen LogP contribution is 2.35. The van der Waals surface area contributed by atoms with E-state index in [4.69, 9.17) is 9.47 Å². The number of nitrogens with one attached hydrogen (secondary N) is 1. The number of hydrogen-bond donors (Lipinski definition) is 3. The number of carbonyl (C=O) groups excluding carboxylic acids is 1. The first-order chi connectivity index (χ1) is 20.6. The van der Waals surface area contributed by atoms with E-state index in [9.17, 15) is 51.0 Å². The topological polar surface area (TPSA) is 307 Å². The van der Waals surface area contributed by atoms with Crippen molar-refractivity contribution in [1.82, 2.24) is 15.0 Å². The minimum Gasteiger partial charge on any atom is -0.870 e. The zero-order chi connectivity index (χ0) is 32.6. The molecule has 0 spiro atoms. The standard InChI is InChI=1S/C22H17N7O13S2.H2O/c1-41-17-8-15(28(31)32)19(43(35,36)37)10-13(17)26-24-21(22(30)23-12-6-4-3-5-7-12)25-27(26)14-11-20(44(38,39)40)16(29(33)34)9-18(14)42-2;/h3-11H,1-2H3,(H2-,23,30,35,36,37,38,39,40);1H2. The van der Waals surface area contributed by atoms with Gasteiger partial charge in [0.2, 0.25) is 5.69 Å². The number of para-hydroxylation sites is 1. The molecule has 0 saturated carbocycles. The van der Waals surface area contributed by atoms with Gasteiger partial charge >= 0.3 is 32.0 Å². The summed E-state index contributed by atoms with van der Waals surface area (Å²) in [4.78, 5) is 32.8. The Morgan fingerprint density at radius 3 is 1.89 bits per heavy atom. The smallest absolute Gasteiger partial charge is 0.397 e. The third kappa shape index (κ3) is 6.81. The first-order valence-corrected chi connectivity index (χ1v) is 14.4. The molecule has 23 heteroatoms. The Bertz CT molecular complexity index is 1930. The van der Waals surface area contributed by atoms with E-state index >= 15 is 0 Å². The first kappa shape index (κ1) is 33.9. The van der Waals surface area contributed by atoms with Crippen molar-refractivity contribution in [3.8, 4) is 22.9 Å². The van der Waals surface area contributed by atoms with Crippen molar-refractivity contribution in [3.05, 3.63) is 80.7 Å². The quantitative estimate of drug-likeness (QED) is 0.0915. The van der Waals surface area contributed by atoms with E-state index in [1.807, 2.05) is 0 Å². The molecule has 1 aromatic heterocycles. The van der Waals surface area contributed by atoms with Gasteiger partial charge in [0, 0.05) is 27.7 Å². The van der Waals surface area contributed by atoms with E-state index in [1.54, 1.807) is 18.2 Å². The van der Waals surface area contributed by atoms with Crippen LogP contribution < -0.4 is 19.6 Å². The maximum atomic E-state index is 13.1. The van der Waals surface area contributed by atoms with Crippen LogP contribution >= 0.6 is 0 Å². The van der Waals surface area contributed by atoms with Gasteiger partial charge < -0.3 is 20.3 Å². The van der Waals surface area contributed by atoms with Crippen LogP contribution in [0.25, 0.3) is 11.4 Å². The van der Waals surface area contributed by atoms with Gasteiger partial charge in [-0.1, -0.05) is 18.2 Å². The first-order valence-electron chi connectivity index (χ1n) is 11.5. The molecule has 3 aromatic carbocycles. The lowest BCUT2D eigenvalue weighted by molar-refractivity contribution is -0.735. The predicted octanol–water partition coefficient (Wildman–Crippen LogP) is 0.947. The number of amides is 1. The van der Waals surface area contributed by atoms with E-state index in [-0.39, 0.29) is 11.2 Å². The monoisotopic (exact) mass is 669 g/mol. The van der Waals surface area contributed by atoms with Crippen LogP contribution in [-0.4, -0.2) is 76.4 Å². The minimum absolute atomic E-state index is 0. The van der Waals surface area contributed by atoms with Gasteiger partial charge in [0.25, 0.3) is 11.4 Å². The molecule has 4 aromatic rings. The maximum absolute atomic E-state index is 13.1. The Kier molecular flexibility index (Phi) is 9.44. The number of anilines is 1. The molecule has 238 valence electrons. The molecule has 0 radical (unpaired) electrons. The second-order valence-electron chi connectivity index (χ2n) is 8.37. The summed E-state index contributed by atoms with van der Waals surface area (Å²) < 4.78 is 78.1. The van der Waals surface area contributed by atoms with Gasteiger partial charge in [-0.05, 0) is 16.9 Å². The Balaban J connectivity index is 0.00000552. The number of methoxy groups -OCH3 is 2. The second kappa shape index (κ2) is 12.5. The van der Waals surface area contributed by atoms with Crippen LogP contribution in [0, 0.1) is 20.2 Å². The van der Waals surface area contributed by atoms with Crippen LogP contribution in [0.15, 0.2) is 64.4 Å². The third-order valence-corrected chi connectivity index (χ3v) is 7.46. The van der Waals surface area contributed by atoms with Gasteiger partial charge in [0.05, 0.1) is 41.3 Å². The minimum atomic E-state index is -5.28. The van der Waals surface area contributed by atoms with Crippen molar-refractivity contribution in [2.24, 2.45) is 0 Å². The number of rotatable bonds is 10. The van der Waals surface area contributed by atoms with Crippen LogP contribution in [0.4, 0.5) is 17.1 Å². The van der Waals surface area contributed by atoms with Crippen molar-refractivity contribution in [2.75, 3.05) is 19.5 Å². The number of aromatic nitrogens is 4. The lowest BCUT2D eigenvalue weighted by Gasteiger charge is -2.10. The molecule has 0 bridgehead atoms. The molecule has 0 aliphatic rings.